The van der Waals surface area contributed by atoms with E-state index in [1.807, 2.05) is 0 Å². The minimum absolute atomic E-state index is 0.154. The molecule has 1 fully saturated rings. The molecule has 0 aliphatic heterocycles. The van der Waals surface area contributed by atoms with Crippen molar-refractivity contribution in [3.8, 4) is 11.5 Å². The van der Waals surface area contributed by atoms with Gasteiger partial charge in [-0.15, -0.1) is 0 Å². The highest BCUT2D eigenvalue weighted by atomic mass is 16.5. The van der Waals surface area contributed by atoms with E-state index in [0.717, 1.165) is 12.8 Å². The molecule has 1 aliphatic rings. The van der Waals surface area contributed by atoms with Crippen molar-refractivity contribution in [1.82, 2.24) is 0 Å². The van der Waals surface area contributed by atoms with Crippen molar-refractivity contribution >= 4 is 5.97 Å². The molecule has 1 aromatic carbocycles. The summed E-state index contributed by atoms with van der Waals surface area (Å²) in [6, 6.07) is 4.48. The molecule has 80 valence electrons. The minimum atomic E-state index is -1.17. The zero-order valence-corrected chi connectivity index (χ0v) is 8.14. The standard InChI is InChI=1S/C11H12O4/c12-8-2-1-3-9(10(8)11(13)14)15-6-7-4-5-7/h1-3,7,12H,4-6H2,(H,13,14). The molecule has 15 heavy (non-hydrogen) atoms. The fourth-order valence-electron chi connectivity index (χ4n) is 1.35. The van der Waals surface area contributed by atoms with E-state index in [4.69, 9.17) is 9.84 Å². The number of aromatic hydroxyl groups is 1. The third-order valence-corrected chi connectivity index (χ3v) is 2.39. The van der Waals surface area contributed by atoms with E-state index in [1.165, 1.54) is 6.07 Å². The fraction of sp³-hybridized carbons (Fsp3) is 0.364. The van der Waals surface area contributed by atoms with Crippen molar-refractivity contribution in [1.29, 1.82) is 0 Å². The SMILES string of the molecule is O=C(O)c1c(O)cccc1OCC1CC1. The van der Waals surface area contributed by atoms with Crippen LogP contribution in [0.3, 0.4) is 0 Å². The van der Waals surface area contributed by atoms with E-state index < -0.39 is 5.97 Å². The van der Waals surface area contributed by atoms with Crippen LogP contribution in [-0.2, 0) is 0 Å². The Morgan fingerprint density at radius 1 is 1.47 bits per heavy atom. The topological polar surface area (TPSA) is 66.8 Å². The van der Waals surface area contributed by atoms with Gasteiger partial charge in [-0.25, -0.2) is 4.79 Å². The monoisotopic (exact) mass is 208 g/mol. The zero-order valence-electron chi connectivity index (χ0n) is 8.14. The largest absolute Gasteiger partial charge is 0.507 e. The predicted molar refractivity (Wildman–Crippen MR) is 53.3 cm³/mol. The molecule has 2 N–H and O–H groups in total. The van der Waals surface area contributed by atoms with Gasteiger partial charge >= 0.3 is 5.97 Å². The second-order valence-corrected chi connectivity index (χ2v) is 3.71. The highest BCUT2D eigenvalue weighted by Crippen LogP contribution is 2.32. The number of phenols is 1. The van der Waals surface area contributed by atoms with Crippen LogP contribution in [0.5, 0.6) is 11.5 Å². The number of hydrogen-bond acceptors (Lipinski definition) is 3. The Kier molecular flexibility index (Phi) is 2.49. The van der Waals surface area contributed by atoms with Crippen molar-refractivity contribution in [2.75, 3.05) is 6.61 Å². The summed E-state index contributed by atoms with van der Waals surface area (Å²) in [5, 5.41) is 18.3. The molecule has 0 heterocycles. The van der Waals surface area contributed by atoms with Gasteiger partial charge in [0.2, 0.25) is 0 Å². The molecule has 1 saturated carbocycles. The van der Waals surface area contributed by atoms with E-state index in [-0.39, 0.29) is 17.1 Å². The molecule has 0 unspecified atom stereocenters. The number of hydrogen-bond donors (Lipinski definition) is 2. The van der Waals surface area contributed by atoms with Crippen LogP contribution < -0.4 is 4.74 Å². The van der Waals surface area contributed by atoms with E-state index in [0.29, 0.717) is 12.5 Å². The van der Waals surface area contributed by atoms with Crippen LogP contribution in [0.15, 0.2) is 18.2 Å². The molecular formula is C11H12O4. The number of carbonyl (C=O) groups is 1. The smallest absolute Gasteiger partial charge is 0.343 e. The van der Waals surface area contributed by atoms with Gasteiger partial charge in [0, 0.05) is 0 Å². The molecule has 0 spiro atoms. The maximum Gasteiger partial charge on any atom is 0.343 e. The van der Waals surface area contributed by atoms with E-state index >= 15 is 0 Å². The Balaban J connectivity index is 2.19. The zero-order chi connectivity index (χ0) is 10.8. The Hall–Kier alpha value is -1.71. The van der Waals surface area contributed by atoms with Crippen molar-refractivity contribution in [2.45, 2.75) is 12.8 Å². The molecule has 1 aliphatic carbocycles. The lowest BCUT2D eigenvalue weighted by Crippen LogP contribution is -2.05. The molecular weight excluding hydrogens is 196 g/mol. The van der Waals surface area contributed by atoms with Gasteiger partial charge in [0.25, 0.3) is 0 Å². The van der Waals surface area contributed by atoms with Gasteiger partial charge in [-0.1, -0.05) is 6.07 Å². The first-order valence-electron chi connectivity index (χ1n) is 4.86. The molecule has 0 radical (unpaired) electrons. The second kappa shape index (κ2) is 3.81. The first-order chi connectivity index (χ1) is 7.18. The Morgan fingerprint density at radius 3 is 2.80 bits per heavy atom. The van der Waals surface area contributed by atoms with Crippen molar-refractivity contribution in [3.63, 3.8) is 0 Å². The maximum atomic E-state index is 10.9. The van der Waals surface area contributed by atoms with E-state index in [1.54, 1.807) is 12.1 Å². The first-order valence-corrected chi connectivity index (χ1v) is 4.86. The lowest BCUT2D eigenvalue weighted by molar-refractivity contribution is 0.0688. The van der Waals surface area contributed by atoms with Gasteiger partial charge < -0.3 is 14.9 Å². The predicted octanol–water partition coefficient (Wildman–Crippen LogP) is 1.88. The number of aromatic carboxylic acids is 1. The molecule has 0 atom stereocenters. The number of carboxylic acid groups (broad SMARTS) is 1. The van der Waals surface area contributed by atoms with Crippen LogP contribution in [0.25, 0.3) is 0 Å². The van der Waals surface area contributed by atoms with Crippen molar-refractivity contribution in [3.05, 3.63) is 23.8 Å². The molecule has 0 bridgehead atoms. The van der Waals surface area contributed by atoms with E-state index in [9.17, 15) is 9.90 Å². The highest BCUT2D eigenvalue weighted by Gasteiger charge is 2.23. The lowest BCUT2D eigenvalue weighted by atomic mass is 10.2. The minimum Gasteiger partial charge on any atom is -0.507 e. The van der Waals surface area contributed by atoms with Gasteiger partial charge in [0.15, 0.2) is 0 Å². The lowest BCUT2D eigenvalue weighted by Gasteiger charge is -2.09. The number of carboxylic acids is 1. The van der Waals surface area contributed by atoms with Crippen molar-refractivity contribution in [2.24, 2.45) is 5.92 Å². The average Bonchev–Trinajstić information content (AvgIpc) is 2.97. The molecule has 4 nitrogen and oxygen atoms in total. The van der Waals surface area contributed by atoms with Crippen LogP contribution >= 0.6 is 0 Å². The first kappa shape index (κ1) is 9.83. The number of ether oxygens (including phenoxy) is 1. The quantitative estimate of drug-likeness (QED) is 0.792. The third kappa shape index (κ3) is 2.21. The molecule has 0 amide bonds. The van der Waals surface area contributed by atoms with Crippen LogP contribution in [-0.4, -0.2) is 22.8 Å². The molecule has 4 heteroatoms. The molecule has 2 rings (SSSR count). The Bertz CT molecular complexity index is 382. The normalized spacial score (nSPS) is 14.9. The van der Waals surface area contributed by atoms with Crippen LogP contribution in [0, 0.1) is 5.92 Å². The molecule has 0 saturated heterocycles. The second-order valence-electron chi connectivity index (χ2n) is 3.71. The number of benzene rings is 1. The summed E-state index contributed by atoms with van der Waals surface area (Å²) in [6.07, 6.45) is 2.28. The van der Waals surface area contributed by atoms with E-state index in [2.05, 4.69) is 0 Å². The fourth-order valence-corrected chi connectivity index (χ4v) is 1.35. The van der Waals surface area contributed by atoms with Gasteiger partial charge in [-0.2, -0.15) is 0 Å². The number of rotatable bonds is 4. The Labute approximate surface area is 87.1 Å². The summed E-state index contributed by atoms with van der Waals surface area (Å²) in [5.74, 6) is -0.627. The molecule has 0 aromatic heterocycles. The van der Waals surface area contributed by atoms with Gasteiger partial charge in [0.1, 0.15) is 17.1 Å². The molecule has 1 aromatic rings. The summed E-state index contributed by atoms with van der Waals surface area (Å²) < 4.78 is 5.36. The highest BCUT2D eigenvalue weighted by molar-refractivity contribution is 5.93. The third-order valence-electron chi connectivity index (χ3n) is 2.39. The summed E-state index contributed by atoms with van der Waals surface area (Å²) in [4.78, 5) is 10.9. The van der Waals surface area contributed by atoms with Crippen LogP contribution in [0.2, 0.25) is 0 Å². The summed E-state index contributed by atoms with van der Waals surface area (Å²) >= 11 is 0. The van der Waals surface area contributed by atoms with Crippen LogP contribution in [0.1, 0.15) is 23.2 Å². The van der Waals surface area contributed by atoms with Crippen molar-refractivity contribution < 1.29 is 19.7 Å². The van der Waals surface area contributed by atoms with Gasteiger partial charge in [-0.05, 0) is 30.9 Å². The van der Waals surface area contributed by atoms with Gasteiger partial charge in [-0.3, -0.25) is 0 Å². The average molecular weight is 208 g/mol. The summed E-state index contributed by atoms with van der Waals surface area (Å²) in [6.45, 7) is 0.531. The Morgan fingerprint density at radius 2 is 2.20 bits per heavy atom. The summed E-state index contributed by atoms with van der Waals surface area (Å²) in [5.41, 5.74) is -0.154. The maximum absolute atomic E-state index is 10.9. The van der Waals surface area contributed by atoms with Crippen LogP contribution in [0.4, 0.5) is 0 Å². The van der Waals surface area contributed by atoms with Gasteiger partial charge in [0.05, 0.1) is 6.61 Å². The summed E-state index contributed by atoms with van der Waals surface area (Å²) in [7, 11) is 0.